The molecule has 0 aliphatic rings. The highest BCUT2D eigenvalue weighted by atomic mass is 32.2. The Hall–Kier alpha value is 0.310. The van der Waals surface area contributed by atoms with Crippen molar-refractivity contribution in [3.8, 4) is 0 Å². The summed E-state index contributed by atoms with van der Waals surface area (Å²) < 4.78 is 0. The highest BCUT2D eigenvalue weighted by Gasteiger charge is 2.20. The fraction of sp³-hybridized carbons (Fsp3) is 1.00. The fourth-order valence-electron chi connectivity index (χ4n) is 2.57. The van der Waals surface area contributed by atoms with E-state index in [0.29, 0.717) is 0 Å². The molecule has 0 fully saturated rings. The van der Waals surface area contributed by atoms with E-state index in [-0.39, 0.29) is 0 Å². The van der Waals surface area contributed by atoms with Gasteiger partial charge in [-0.2, -0.15) is 11.8 Å². The Morgan fingerprint density at radius 2 is 1.83 bits per heavy atom. The van der Waals surface area contributed by atoms with Crippen LogP contribution in [0.25, 0.3) is 0 Å². The summed E-state index contributed by atoms with van der Waals surface area (Å²) in [5, 5.41) is 3.78. The number of rotatable bonds is 12. The van der Waals surface area contributed by atoms with Gasteiger partial charge in [-0.1, -0.05) is 53.4 Å². The van der Waals surface area contributed by atoms with Crippen molar-refractivity contribution in [3.05, 3.63) is 0 Å². The summed E-state index contributed by atoms with van der Waals surface area (Å²) in [4.78, 5) is 0. The summed E-state index contributed by atoms with van der Waals surface area (Å²) in [6, 6.07) is 0.721. The van der Waals surface area contributed by atoms with E-state index in [1.54, 1.807) is 0 Å². The Morgan fingerprint density at radius 1 is 1.11 bits per heavy atom. The monoisotopic (exact) mass is 273 g/mol. The second-order valence-corrected chi connectivity index (χ2v) is 6.56. The molecule has 0 amide bonds. The van der Waals surface area contributed by atoms with E-state index >= 15 is 0 Å². The minimum absolute atomic E-state index is 0.721. The van der Waals surface area contributed by atoms with Crippen molar-refractivity contribution in [1.29, 1.82) is 0 Å². The predicted molar refractivity (Wildman–Crippen MR) is 87.6 cm³/mol. The van der Waals surface area contributed by atoms with Crippen LogP contribution in [-0.2, 0) is 0 Å². The van der Waals surface area contributed by atoms with Crippen LogP contribution in [0.15, 0.2) is 0 Å². The maximum Gasteiger partial charge on any atom is 0.0103 e. The molecule has 0 aromatic carbocycles. The smallest absolute Gasteiger partial charge is 0.0103 e. The Kier molecular flexibility index (Phi) is 12.6. The molecule has 0 aromatic rings. The number of nitrogens with one attached hydrogen (secondary N) is 1. The van der Waals surface area contributed by atoms with Crippen molar-refractivity contribution in [2.75, 3.05) is 18.6 Å². The molecule has 1 nitrogen and oxygen atoms in total. The molecule has 0 saturated heterocycles. The lowest BCUT2D eigenvalue weighted by Gasteiger charge is -2.28. The minimum Gasteiger partial charge on any atom is -0.314 e. The summed E-state index contributed by atoms with van der Waals surface area (Å²) in [5.41, 5.74) is 0. The van der Waals surface area contributed by atoms with E-state index in [4.69, 9.17) is 0 Å². The Labute approximate surface area is 120 Å². The van der Waals surface area contributed by atoms with Gasteiger partial charge in [-0.25, -0.2) is 0 Å². The van der Waals surface area contributed by atoms with Crippen LogP contribution >= 0.6 is 11.8 Å². The molecule has 18 heavy (non-hydrogen) atoms. The molecule has 0 bridgehead atoms. The quantitative estimate of drug-likeness (QED) is 0.539. The zero-order valence-corrected chi connectivity index (χ0v) is 14.1. The highest BCUT2D eigenvalue weighted by Crippen LogP contribution is 2.23. The summed E-state index contributed by atoms with van der Waals surface area (Å²) in [5.74, 6) is 3.00. The third-order valence-electron chi connectivity index (χ3n) is 3.90. The van der Waals surface area contributed by atoms with Crippen molar-refractivity contribution in [2.24, 2.45) is 11.8 Å². The van der Waals surface area contributed by atoms with Crippen LogP contribution in [0, 0.1) is 11.8 Å². The Balaban J connectivity index is 4.24. The van der Waals surface area contributed by atoms with Gasteiger partial charge in [-0.3, -0.25) is 0 Å². The van der Waals surface area contributed by atoms with Crippen LogP contribution in [0.3, 0.4) is 0 Å². The molecule has 3 unspecified atom stereocenters. The number of thioether (sulfide) groups is 1. The molecule has 3 atom stereocenters. The first-order valence-electron chi connectivity index (χ1n) is 7.91. The fourth-order valence-corrected chi connectivity index (χ4v) is 3.32. The lowest BCUT2D eigenvalue weighted by atomic mass is 9.87. The molecular formula is C16H35NS. The van der Waals surface area contributed by atoms with E-state index in [9.17, 15) is 0 Å². The van der Waals surface area contributed by atoms with Gasteiger partial charge in [-0.05, 0) is 43.2 Å². The van der Waals surface area contributed by atoms with Gasteiger partial charge in [0.05, 0.1) is 0 Å². The molecule has 2 heteroatoms. The summed E-state index contributed by atoms with van der Waals surface area (Å²) in [6.07, 6.45) is 10.3. The topological polar surface area (TPSA) is 12.0 Å². The number of hydrogen-bond acceptors (Lipinski definition) is 2. The van der Waals surface area contributed by atoms with E-state index in [1.165, 1.54) is 50.8 Å². The van der Waals surface area contributed by atoms with Gasteiger partial charge in [0.15, 0.2) is 0 Å². The molecular weight excluding hydrogens is 238 g/mol. The molecule has 0 aliphatic carbocycles. The van der Waals surface area contributed by atoms with Gasteiger partial charge in [0, 0.05) is 6.04 Å². The normalized spacial score (nSPS) is 16.5. The van der Waals surface area contributed by atoms with Gasteiger partial charge in [0.25, 0.3) is 0 Å². The van der Waals surface area contributed by atoms with Crippen LogP contribution in [0.2, 0.25) is 0 Å². The molecule has 0 saturated carbocycles. The van der Waals surface area contributed by atoms with E-state index < -0.39 is 0 Å². The van der Waals surface area contributed by atoms with E-state index in [1.807, 2.05) is 11.8 Å². The molecule has 0 aliphatic heterocycles. The largest absolute Gasteiger partial charge is 0.314 e. The average Bonchev–Trinajstić information content (AvgIpc) is 2.38. The highest BCUT2D eigenvalue weighted by molar-refractivity contribution is 7.98. The maximum absolute atomic E-state index is 3.78. The molecule has 0 aromatic heterocycles. The van der Waals surface area contributed by atoms with E-state index in [0.717, 1.165) is 17.9 Å². The van der Waals surface area contributed by atoms with Crippen molar-refractivity contribution >= 4 is 11.8 Å². The van der Waals surface area contributed by atoms with Crippen molar-refractivity contribution in [1.82, 2.24) is 5.32 Å². The first-order chi connectivity index (χ1) is 8.69. The van der Waals surface area contributed by atoms with Crippen LogP contribution in [0.5, 0.6) is 0 Å². The van der Waals surface area contributed by atoms with Crippen molar-refractivity contribution in [3.63, 3.8) is 0 Å². The average molecular weight is 274 g/mol. The molecule has 0 heterocycles. The zero-order valence-electron chi connectivity index (χ0n) is 13.3. The second-order valence-electron chi connectivity index (χ2n) is 5.65. The standard InChI is InChI=1S/C16H35NS/c1-6-9-10-15(8-3)12-16(17-11-7-2)14(4)13-18-5/h14-17H,6-13H2,1-5H3. The Bertz CT molecular complexity index is 172. The van der Waals surface area contributed by atoms with Gasteiger partial charge < -0.3 is 5.32 Å². The predicted octanol–water partition coefficient (Wildman–Crippen LogP) is 4.96. The summed E-state index contributed by atoms with van der Waals surface area (Å²) in [7, 11) is 0. The lowest BCUT2D eigenvalue weighted by molar-refractivity contribution is 0.301. The maximum atomic E-state index is 3.78. The van der Waals surface area contributed by atoms with Gasteiger partial charge >= 0.3 is 0 Å². The molecule has 0 spiro atoms. The molecule has 0 radical (unpaired) electrons. The van der Waals surface area contributed by atoms with Crippen LogP contribution in [0.4, 0.5) is 0 Å². The molecule has 110 valence electrons. The van der Waals surface area contributed by atoms with Gasteiger partial charge in [0.2, 0.25) is 0 Å². The van der Waals surface area contributed by atoms with E-state index in [2.05, 4.69) is 39.3 Å². The van der Waals surface area contributed by atoms with Gasteiger partial charge in [0.1, 0.15) is 0 Å². The van der Waals surface area contributed by atoms with Crippen LogP contribution < -0.4 is 5.32 Å². The third kappa shape index (κ3) is 8.42. The van der Waals surface area contributed by atoms with Crippen molar-refractivity contribution < 1.29 is 0 Å². The minimum atomic E-state index is 0.721. The zero-order chi connectivity index (χ0) is 13.8. The second kappa shape index (κ2) is 12.3. The lowest BCUT2D eigenvalue weighted by Crippen LogP contribution is -2.38. The van der Waals surface area contributed by atoms with Gasteiger partial charge in [-0.15, -0.1) is 0 Å². The van der Waals surface area contributed by atoms with Crippen LogP contribution in [-0.4, -0.2) is 24.6 Å². The number of hydrogen-bond donors (Lipinski definition) is 1. The van der Waals surface area contributed by atoms with Crippen molar-refractivity contribution in [2.45, 2.75) is 72.3 Å². The summed E-state index contributed by atoms with van der Waals surface area (Å²) in [6.45, 7) is 10.5. The first kappa shape index (κ1) is 18.3. The third-order valence-corrected chi connectivity index (χ3v) is 4.76. The number of unbranched alkanes of at least 4 members (excludes halogenated alkanes) is 1. The SMILES string of the molecule is CCCCC(CC)CC(NCCC)C(C)CSC. The van der Waals surface area contributed by atoms with Crippen LogP contribution in [0.1, 0.15) is 66.2 Å². The summed E-state index contributed by atoms with van der Waals surface area (Å²) >= 11 is 1.98. The first-order valence-corrected chi connectivity index (χ1v) is 9.31. The molecule has 1 N–H and O–H groups in total. The molecule has 0 rings (SSSR count). The Morgan fingerprint density at radius 3 is 2.33 bits per heavy atom.